The third-order valence-electron chi connectivity index (χ3n) is 5.19. The lowest BCUT2D eigenvalue weighted by molar-refractivity contribution is 0.114. The minimum Gasteiger partial charge on any atom is -0.493 e. The van der Waals surface area contributed by atoms with Crippen molar-refractivity contribution in [3.63, 3.8) is 0 Å². The summed E-state index contributed by atoms with van der Waals surface area (Å²) in [6.45, 7) is 3.45. The summed E-state index contributed by atoms with van der Waals surface area (Å²) in [5, 5.41) is 3.44. The summed E-state index contributed by atoms with van der Waals surface area (Å²) in [5.41, 5.74) is 3.85. The zero-order valence-electron chi connectivity index (χ0n) is 16.8. The summed E-state index contributed by atoms with van der Waals surface area (Å²) < 4.78 is 17.0. The van der Waals surface area contributed by atoms with Crippen LogP contribution in [0, 0.1) is 0 Å². The number of nitrogens with one attached hydrogen (secondary N) is 1. The Morgan fingerprint density at radius 1 is 0.963 bits per heavy atom. The van der Waals surface area contributed by atoms with E-state index in [1.54, 1.807) is 7.11 Å². The number of anilines is 1. The van der Waals surface area contributed by atoms with E-state index in [-0.39, 0.29) is 0 Å². The highest BCUT2D eigenvalue weighted by Gasteiger charge is 2.21. The van der Waals surface area contributed by atoms with E-state index in [9.17, 15) is 0 Å². The lowest BCUT2D eigenvalue weighted by Gasteiger charge is -2.23. The van der Waals surface area contributed by atoms with Gasteiger partial charge >= 0.3 is 0 Å². The molecule has 0 saturated heterocycles. The lowest BCUT2D eigenvalue weighted by atomic mass is 9.89. The van der Waals surface area contributed by atoms with E-state index in [1.165, 1.54) is 49.7 Å². The molecule has 3 rings (SSSR count). The molecule has 0 radical (unpaired) electrons. The Morgan fingerprint density at radius 3 is 2.41 bits per heavy atom. The van der Waals surface area contributed by atoms with Crippen LogP contribution in [0.5, 0.6) is 0 Å². The van der Waals surface area contributed by atoms with Gasteiger partial charge in [0.25, 0.3) is 0 Å². The van der Waals surface area contributed by atoms with Crippen LogP contribution in [0.15, 0.2) is 29.8 Å². The number of unbranched alkanes of at least 4 members (excludes halogenated alkanes) is 2. The van der Waals surface area contributed by atoms with Gasteiger partial charge in [0.15, 0.2) is 0 Å². The van der Waals surface area contributed by atoms with Crippen molar-refractivity contribution in [2.45, 2.75) is 63.9 Å². The van der Waals surface area contributed by atoms with E-state index in [2.05, 4.69) is 29.6 Å². The van der Waals surface area contributed by atoms with Gasteiger partial charge in [-0.1, -0.05) is 0 Å². The average Bonchev–Trinajstić information content (AvgIpc) is 3.47. The second kappa shape index (κ2) is 11.4. The zero-order valence-corrected chi connectivity index (χ0v) is 16.8. The van der Waals surface area contributed by atoms with Crippen molar-refractivity contribution < 1.29 is 14.2 Å². The number of hydrogen-bond donors (Lipinski definition) is 1. The molecular formula is C23H35NO3. The van der Waals surface area contributed by atoms with Gasteiger partial charge in [0.2, 0.25) is 0 Å². The molecule has 150 valence electrons. The van der Waals surface area contributed by atoms with Gasteiger partial charge in [-0.05, 0) is 87.6 Å². The number of ether oxygens (including phenoxy) is 3. The van der Waals surface area contributed by atoms with E-state index in [4.69, 9.17) is 14.2 Å². The van der Waals surface area contributed by atoms with E-state index in [0.717, 1.165) is 57.1 Å². The Morgan fingerprint density at radius 2 is 1.74 bits per heavy atom. The van der Waals surface area contributed by atoms with E-state index < -0.39 is 0 Å². The molecule has 4 heteroatoms. The maximum absolute atomic E-state index is 6.23. The van der Waals surface area contributed by atoms with Crippen LogP contribution in [0.2, 0.25) is 0 Å². The first kappa shape index (κ1) is 20.2. The summed E-state index contributed by atoms with van der Waals surface area (Å²) in [6.07, 6.45) is 11.2. The van der Waals surface area contributed by atoms with Gasteiger partial charge in [0.1, 0.15) is 5.76 Å². The Labute approximate surface area is 164 Å². The monoisotopic (exact) mass is 373 g/mol. The molecule has 1 aromatic rings. The third-order valence-corrected chi connectivity index (χ3v) is 5.19. The second-order valence-electron chi connectivity index (χ2n) is 7.62. The third kappa shape index (κ3) is 7.19. The van der Waals surface area contributed by atoms with Crippen molar-refractivity contribution in [2.24, 2.45) is 0 Å². The molecule has 4 nitrogen and oxygen atoms in total. The van der Waals surface area contributed by atoms with Crippen molar-refractivity contribution in [2.75, 3.05) is 38.8 Å². The number of benzene rings is 1. The first-order valence-electron chi connectivity index (χ1n) is 10.7. The molecule has 2 aliphatic rings. The molecule has 0 bridgehead atoms. The van der Waals surface area contributed by atoms with E-state index in [1.807, 2.05) is 0 Å². The number of methoxy groups -OCH3 is 1. The molecule has 1 aromatic carbocycles. The minimum absolute atomic E-state index is 0.577. The fourth-order valence-electron chi connectivity index (χ4n) is 3.20. The summed E-state index contributed by atoms with van der Waals surface area (Å²) in [6, 6.07) is 8.67. The van der Waals surface area contributed by atoms with Crippen LogP contribution in [0.3, 0.4) is 0 Å². The van der Waals surface area contributed by atoms with Crippen LogP contribution < -0.4 is 5.32 Å². The standard InChI is InChI=1S/C23H35NO3/c1-25-16-6-15-24-21-11-9-20(10-12-21)23(19-7-5-8-19)27-18-4-2-3-17-26-22-13-14-22/h9-12,22,24H,2-8,13-18H2,1H3. The molecule has 1 N–H and O–H groups in total. The number of rotatable bonds is 14. The maximum Gasteiger partial charge on any atom is 0.125 e. The molecule has 0 heterocycles. The predicted octanol–water partition coefficient (Wildman–Crippen LogP) is 5.40. The largest absolute Gasteiger partial charge is 0.493 e. The molecule has 2 saturated carbocycles. The Bertz CT molecular complexity index is 572. The van der Waals surface area contributed by atoms with Gasteiger partial charge < -0.3 is 19.5 Å². The minimum atomic E-state index is 0.577. The topological polar surface area (TPSA) is 39.7 Å². The smallest absolute Gasteiger partial charge is 0.125 e. The quantitative estimate of drug-likeness (QED) is 0.350. The average molecular weight is 374 g/mol. The second-order valence-corrected chi connectivity index (χ2v) is 7.62. The van der Waals surface area contributed by atoms with Crippen molar-refractivity contribution >= 4 is 11.4 Å². The van der Waals surface area contributed by atoms with Crippen LogP contribution in [-0.2, 0) is 14.2 Å². The highest BCUT2D eigenvalue weighted by Crippen LogP contribution is 2.34. The lowest BCUT2D eigenvalue weighted by Crippen LogP contribution is -2.07. The summed E-state index contributed by atoms with van der Waals surface area (Å²) >= 11 is 0. The Kier molecular flexibility index (Phi) is 8.50. The summed E-state index contributed by atoms with van der Waals surface area (Å²) in [4.78, 5) is 0. The van der Waals surface area contributed by atoms with Crippen molar-refractivity contribution in [3.8, 4) is 0 Å². The Hall–Kier alpha value is -1.52. The summed E-state index contributed by atoms with van der Waals surface area (Å²) in [5.74, 6) is 1.13. The van der Waals surface area contributed by atoms with Crippen LogP contribution in [0.1, 0.15) is 63.4 Å². The fourth-order valence-corrected chi connectivity index (χ4v) is 3.20. The molecule has 0 aromatic heterocycles. The maximum atomic E-state index is 6.23. The molecule has 2 fully saturated rings. The van der Waals surface area contributed by atoms with Crippen molar-refractivity contribution in [3.05, 3.63) is 35.4 Å². The molecule has 0 aliphatic heterocycles. The van der Waals surface area contributed by atoms with Gasteiger partial charge in [0, 0.05) is 38.1 Å². The van der Waals surface area contributed by atoms with Gasteiger partial charge in [-0.15, -0.1) is 0 Å². The molecule has 0 unspecified atom stereocenters. The van der Waals surface area contributed by atoms with E-state index in [0.29, 0.717) is 6.10 Å². The van der Waals surface area contributed by atoms with Crippen molar-refractivity contribution in [1.29, 1.82) is 0 Å². The summed E-state index contributed by atoms with van der Waals surface area (Å²) in [7, 11) is 1.74. The first-order valence-corrected chi connectivity index (χ1v) is 10.7. The Balaban J connectivity index is 1.41. The fraction of sp³-hybridized carbons (Fsp3) is 0.652. The van der Waals surface area contributed by atoms with Crippen LogP contribution in [0.25, 0.3) is 5.76 Å². The zero-order chi connectivity index (χ0) is 18.7. The van der Waals surface area contributed by atoms with Crippen LogP contribution in [-0.4, -0.2) is 39.6 Å². The SMILES string of the molecule is COCCCNc1ccc(C(OCCCCCOC2CC2)=C2CCC2)cc1. The first-order chi connectivity index (χ1) is 13.4. The van der Waals surface area contributed by atoms with Crippen molar-refractivity contribution in [1.82, 2.24) is 0 Å². The molecular weight excluding hydrogens is 338 g/mol. The normalized spacial score (nSPS) is 16.1. The molecule has 27 heavy (non-hydrogen) atoms. The van der Waals surface area contributed by atoms with Gasteiger partial charge in [0.05, 0.1) is 12.7 Å². The molecule has 0 atom stereocenters. The van der Waals surface area contributed by atoms with Crippen LogP contribution in [0.4, 0.5) is 5.69 Å². The van der Waals surface area contributed by atoms with Gasteiger partial charge in [-0.3, -0.25) is 0 Å². The van der Waals surface area contributed by atoms with Gasteiger partial charge in [-0.2, -0.15) is 0 Å². The highest BCUT2D eigenvalue weighted by molar-refractivity contribution is 5.66. The molecule has 2 aliphatic carbocycles. The predicted molar refractivity (Wildman–Crippen MR) is 111 cm³/mol. The number of allylic oxidation sites excluding steroid dienone is 1. The number of hydrogen-bond acceptors (Lipinski definition) is 4. The molecule has 0 amide bonds. The van der Waals surface area contributed by atoms with Crippen LogP contribution >= 0.6 is 0 Å². The highest BCUT2D eigenvalue weighted by atomic mass is 16.5. The van der Waals surface area contributed by atoms with Gasteiger partial charge in [-0.25, -0.2) is 0 Å². The molecule has 0 spiro atoms. The van der Waals surface area contributed by atoms with E-state index >= 15 is 0 Å².